The molecule has 0 bridgehead atoms. The van der Waals surface area contributed by atoms with Gasteiger partial charge in [-0.3, -0.25) is 4.79 Å². The Bertz CT molecular complexity index is 1120. The Hall–Kier alpha value is -2.60. The monoisotopic (exact) mass is 522 g/mol. The van der Waals surface area contributed by atoms with Crippen molar-refractivity contribution in [2.45, 2.75) is 62.3 Å². The number of carbonyl (C=O) groups excluding carboxylic acids is 1. The van der Waals surface area contributed by atoms with E-state index in [1.807, 2.05) is 5.32 Å². The van der Waals surface area contributed by atoms with Crippen molar-refractivity contribution in [1.29, 1.82) is 0 Å². The first-order chi connectivity index (χ1) is 16.2. The summed E-state index contributed by atoms with van der Waals surface area (Å²) >= 11 is 0. The predicted octanol–water partition coefficient (Wildman–Crippen LogP) is 5.99. The highest BCUT2D eigenvalue weighted by Gasteiger charge is 2.38. The molecule has 0 radical (unpaired) electrons. The van der Waals surface area contributed by atoms with Gasteiger partial charge in [-0.2, -0.15) is 30.6 Å². The zero-order chi connectivity index (χ0) is 26.0. The molecule has 0 heterocycles. The summed E-state index contributed by atoms with van der Waals surface area (Å²) in [7, 11) is -4.16. The largest absolute Gasteiger partial charge is 0.416 e. The fourth-order valence-corrected chi connectivity index (χ4v) is 5.64. The lowest BCUT2D eigenvalue weighted by molar-refractivity contribution is -0.143. The van der Waals surface area contributed by atoms with Gasteiger partial charge in [-0.05, 0) is 50.1 Å². The SMILES string of the molecule is Cc1ccc(S(=O)(=O)N(CC(=O)Nc2cc(C(F)(F)F)cc(C(F)(F)F)c2)C2CCCCC2)cc1. The minimum absolute atomic E-state index is 0.0498. The molecule has 3 rings (SSSR count). The number of aryl methyl sites for hydroxylation is 1. The molecule has 192 valence electrons. The van der Waals surface area contributed by atoms with Crippen molar-refractivity contribution in [1.82, 2.24) is 4.31 Å². The molecule has 0 unspecified atom stereocenters. The fraction of sp³-hybridized carbons (Fsp3) is 0.435. The highest BCUT2D eigenvalue weighted by molar-refractivity contribution is 7.89. The lowest BCUT2D eigenvalue weighted by atomic mass is 9.95. The van der Waals surface area contributed by atoms with Crippen LogP contribution in [-0.2, 0) is 27.2 Å². The van der Waals surface area contributed by atoms with Crippen molar-refractivity contribution in [2.24, 2.45) is 0 Å². The van der Waals surface area contributed by atoms with Crippen LogP contribution in [0.1, 0.15) is 48.8 Å². The van der Waals surface area contributed by atoms with E-state index in [2.05, 4.69) is 0 Å². The van der Waals surface area contributed by atoms with Gasteiger partial charge in [0.25, 0.3) is 0 Å². The highest BCUT2D eigenvalue weighted by Crippen LogP contribution is 2.37. The first-order valence-corrected chi connectivity index (χ1v) is 12.3. The fourth-order valence-electron chi connectivity index (χ4n) is 3.99. The summed E-state index contributed by atoms with van der Waals surface area (Å²) < 4.78 is 106. The van der Waals surface area contributed by atoms with Gasteiger partial charge in [0.2, 0.25) is 15.9 Å². The number of alkyl halides is 6. The van der Waals surface area contributed by atoms with Crippen molar-refractivity contribution in [3.63, 3.8) is 0 Å². The maximum absolute atomic E-state index is 13.4. The maximum Gasteiger partial charge on any atom is 0.416 e. The molecule has 1 fully saturated rings. The normalized spacial score (nSPS) is 15.9. The van der Waals surface area contributed by atoms with Crippen molar-refractivity contribution < 1.29 is 39.6 Å². The third-order valence-electron chi connectivity index (χ3n) is 5.78. The van der Waals surface area contributed by atoms with Gasteiger partial charge >= 0.3 is 12.4 Å². The molecule has 35 heavy (non-hydrogen) atoms. The first kappa shape index (κ1) is 27.0. The van der Waals surface area contributed by atoms with Gasteiger partial charge in [0, 0.05) is 11.7 Å². The molecule has 1 N–H and O–H groups in total. The number of sulfonamides is 1. The molecular weight excluding hydrogens is 498 g/mol. The van der Waals surface area contributed by atoms with Gasteiger partial charge in [-0.25, -0.2) is 8.42 Å². The van der Waals surface area contributed by atoms with E-state index in [-0.39, 0.29) is 11.0 Å². The van der Waals surface area contributed by atoms with Gasteiger partial charge in [-0.1, -0.05) is 37.0 Å². The van der Waals surface area contributed by atoms with E-state index in [1.165, 1.54) is 12.1 Å². The quantitative estimate of drug-likeness (QED) is 0.474. The van der Waals surface area contributed by atoms with Crippen LogP contribution in [0.3, 0.4) is 0 Å². The van der Waals surface area contributed by atoms with Crippen molar-refractivity contribution >= 4 is 21.6 Å². The van der Waals surface area contributed by atoms with E-state index in [9.17, 15) is 39.6 Å². The van der Waals surface area contributed by atoms with Crippen LogP contribution in [-0.4, -0.2) is 31.2 Å². The zero-order valence-electron chi connectivity index (χ0n) is 18.7. The minimum atomic E-state index is -5.08. The number of nitrogens with one attached hydrogen (secondary N) is 1. The third-order valence-corrected chi connectivity index (χ3v) is 7.69. The summed E-state index contributed by atoms with van der Waals surface area (Å²) in [6.07, 6.45) is -6.83. The molecule has 0 spiro atoms. The van der Waals surface area contributed by atoms with Crippen LogP contribution in [0.15, 0.2) is 47.4 Å². The van der Waals surface area contributed by atoms with E-state index in [4.69, 9.17) is 0 Å². The van der Waals surface area contributed by atoms with Gasteiger partial charge in [0.1, 0.15) is 0 Å². The summed E-state index contributed by atoms with van der Waals surface area (Å²) in [6.45, 7) is 1.02. The summed E-state index contributed by atoms with van der Waals surface area (Å²) in [5, 5.41) is 2.02. The Morgan fingerprint density at radius 2 is 1.43 bits per heavy atom. The standard InChI is InChI=1S/C23H24F6N2O3S/c1-15-7-9-20(10-8-15)35(33,34)31(19-5-3-2-4-6-19)14-21(32)30-18-12-16(22(24,25)26)11-17(13-18)23(27,28)29/h7-13,19H,2-6,14H2,1H3,(H,30,32). The van der Waals surface area contributed by atoms with Crippen LogP contribution < -0.4 is 5.32 Å². The average Bonchev–Trinajstić information content (AvgIpc) is 2.77. The second-order valence-corrected chi connectivity index (χ2v) is 10.4. The lowest BCUT2D eigenvalue weighted by Gasteiger charge is -2.33. The summed E-state index contributed by atoms with van der Waals surface area (Å²) in [5.41, 5.74) is -3.08. The summed E-state index contributed by atoms with van der Waals surface area (Å²) in [5.74, 6) is -1.04. The summed E-state index contributed by atoms with van der Waals surface area (Å²) in [4.78, 5) is 12.7. The Kier molecular flexibility index (Phi) is 7.85. The molecule has 12 heteroatoms. The smallest absolute Gasteiger partial charge is 0.325 e. The van der Waals surface area contributed by atoms with E-state index in [0.717, 1.165) is 29.1 Å². The van der Waals surface area contributed by atoms with Gasteiger partial charge < -0.3 is 5.32 Å². The molecule has 2 aromatic rings. The number of carbonyl (C=O) groups is 1. The molecule has 1 aliphatic carbocycles. The Labute approximate surface area is 199 Å². The number of hydrogen-bond acceptors (Lipinski definition) is 3. The lowest BCUT2D eigenvalue weighted by Crippen LogP contribution is -2.45. The van der Waals surface area contributed by atoms with Crippen molar-refractivity contribution in [2.75, 3.05) is 11.9 Å². The van der Waals surface area contributed by atoms with Crippen LogP contribution in [0.25, 0.3) is 0 Å². The Balaban J connectivity index is 1.91. The maximum atomic E-state index is 13.4. The van der Waals surface area contributed by atoms with Crippen molar-refractivity contribution in [3.05, 3.63) is 59.2 Å². The second-order valence-electron chi connectivity index (χ2n) is 8.50. The molecule has 1 saturated carbocycles. The van der Waals surface area contributed by atoms with Crippen LogP contribution in [0.5, 0.6) is 0 Å². The van der Waals surface area contributed by atoms with Crippen LogP contribution >= 0.6 is 0 Å². The first-order valence-electron chi connectivity index (χ1n) is 10.9. The minimum Gasteiger partial charge on any atom is -0.325 e. The number of benzene rings is 2. The van der Waals surface area contributed by atoms with E-state index < -0.39 is 57.7 Å². The van der Waals surface area contributed by atoms with Crippen molar-refractivity contribution in [3.8, 4) is 0 Å². The highest BCUT2D eigenvalue weighted by atomic mass is 32.2. The number of hydrogen-bond donors (Lipinski definition) is 1. The second kappa shape index (κ2) is 10.2. The van der Waals surface area contributed by atoms with Gasteiger partial charge in [0.15, 0.2) is 0 Å². The number of amides is 1. The van der Waals surface area contributed by atoms with E-state index >= 15 is 0 Å². The molecule has 0 aromatic heterocycles. The molecule has 1 amide bonds. The molecule has 0 saturated heterocycles. The molecule has 2 aromatic carbocycles. The molecule has 1 aliphatic rings. The average molecular weight is 523 g/mol. The number of anilines is 1. The number of nitrogens with zero attached hydrogens (tertiary/aromatic N) is 1. The van der Waals surface area contributed by atoms with Crippen LogP contribution in [0.2, 0.25) is 0 Å². The van der Waals surface area contributed by atoms with E-state index in [1.54, 1.807) is 19.1 Å². The molecule has 0 aliphatic heterocycles. The topological polar surface area (TPSA) is 66.5 Å². The number of rotatable bonds is 6. The zero-order valence-corrected chi connectivity index (χ0v) is 19.5. The van der Waals surface area contributed by atoms with Crippen LogP contribution in [0, 0.1) is 6.92 Å². The summed E-state index contributed by atoms with van der Waals surface area (Å²) in [6, 6.07) is 6.15. The third kappa shape index (κ3) is 6.75. The van der Waals surface area contributed by atoms with Gasteiger partial charge in [-0.15, -0.1) is 0 Å². The van der Waals surface area contributed by atoms with Gasteiger partial charge in [0.05, 0.1) is 22.6 Å². The molecular formula is C23H24F6N2O3S. The Morgan fingerprint density at radius 3 is 1.91 bits per heavy atom. The Morgan fingerprint density at radius 1 is 0.914 bits per heavy atom. The van der Waals surface area contributed by atoms with E-state index in [0.29, 0.717) is 25.0 Å². The van der Waals surface area contributed by atoms with Crippen LogP contribution in [0.4, 0.5) is 32.0 Å². The predicted molar refractivity (Wildman–Crippen MR) is 117 cm³/mol. The molecule has 5 nitrogen and oxygen atoms in total. The number of halogens is 6. The molecule has 0 atom stereocenters.